The molecule has 0 aliphatic carbocycles. The smallest absolute Gasteiger partial charge is 0.323 e. The molecule has 4 atom stereocenters. The fourth-order valence-corrected chi connectivity index (χ4v) is 4.98. The monoisotopic (exact) mass is 531 g/mol. The third kappa shape index (κ3) is 8.64. The molecule has 0 bridgehead atoms. The second-order valence-electron chi connectivity index (χ2n) is 8.79. The number of benzene rings is 1. The van der Waals surface area contributed by atoms with E-state index in [0.717, 1.165) is 25.7 Å². The van der Waals surface area contributed by atoms with Crippen molar-refractivity contribution in [1.29, 1.82) is 0 Å². The molecule has 0 radical (unpaired) electrons. The van der Waals surface area contributed by atoms with Crippen molar-refractivity contribution in [1.82, 2.24) is 10.1 Å². The average molecular weight is 532 g/mol. The molecule has 0 spiro atoms. The number of amidine groups is 1. The minimum absolute atomic E-state index is 0.187. The Kier molecular flexibility index (Phi) is 11.5. The highest BCUT2D eigenvalue weighted by Crippen LogP contribution is 2.38. The van der Waals surface area contributed by atoms with Crippen LogP contribution in [0.2, 0.25) is 0 Å². The third-order valence-electron chi connectivity index (χ3n) is 6.09. The van der Waals surface area contributed by atoms with Crippen molar-refractivity contribution in [3.63, 3.8) is 0 Å². The van der Waals surface area contributed by atoms with E-state index in [4.69, 9.17) is 24.3 Å². The number of hydrogen-bond donors (Lipinski definition) is 2. The van der Waals surface area contributed by atoms with Gasteiger partial charge in [0.15, 0.2) is 12.1 Å². The van der Waals surface area contributed by atoms with Crippen LogP contribution >= 0.6 is 8.53 Å². The summed E-state index contributed by atoms with van der Waals surface area (Å²) in [6.45, 7) is 10.4. The summed E-state index contributed by atoms with van der Waals surface area (Å²) < 4.78 is 23.9. The number of ether oxygens (including phenoxy) is 2. The van der Waals surface area contributed by atoms with E-state index in [9.17, 15) is 4.79 Å². The van der Waals surface area contributed by atoms with Crippen LogP contribution in [0.5, 0.6) is 5.75 Å². The van der Waals surface area contributed by atoms with E-state index < -0.39 is 14.6 Å². The molecule has 202 valence electrons. The van der Waals surface area contributed by atoms with Gasteiger partial charge in [0, 0.05) is 0 Å². The maximum absolute atomic E-state index is 12.6. The van der Waals surface area contributed by atoms with Crippen molar-refractivity contribution in [2.75, 3.05) is 13.2 Å². The van der Waals surface area contributed by atoms with Crippen molar-refractivity contribution in [3.05, 3.63) is 54.8 Å². The van der Waals surface area contributed by atoms with Crippen molar-refractivity contribution in [2.24, 2.45) is 21.7 Å². The molecule has 10 nitrogen and oxygen atoms in total. The number of carbonyl (C=O) groups is 1. The molecule has 2 aliphatic heterocycles. The van der Waals surface area contributed by atoms with Crippen LogP contribution in [0.1, 0.15) is 46.5 Å². The molecule has 1 aromatic carbocycles. The first-order valence-corrected chi connectivity index (χ1v) is 13.8. The molecule has 3 rings (SSSR count). The van der Waals surface area contributed by atoms with Crippen molar-refractivity contribution in [3.8, 4) is 5.75 Å². The number of para-hydroxylation sites is 1. The molecular weight excluding hydrogens is 493 g/mol. The number of carbonyl (C=O) groups excluding carboxylic acids is 1. The summed E-state index contributed by atoms with van der Waals surface area (Å²) in [4.78, 5) is 16.6. The zero-order chi connectivity index (χ0) is 26.6. The molecule has 11 heteroatoms. The van der Waals surface area contributed by atoms with Gasteiger partial charge in [0.2, 0.25) is 0 Å². The topological polar surface area (TPSA) is 120 Å². The second-order valence-corrected chi connectivity index (χ2v) is 10.0. The molecule has 1 aromatic rings. The van der Waals surface area contributed by atoms with E-state index in [1.807, 2.05) is 30.3 Å². The Morgan fingerprint density at radius 2 is 2.08 bits per heavy atom. The van der Waals surface area contributed by atoms with E-state index in [-0.39, 0.29) is 24.9 Å². The Morgan fingerprint density at radius 3 is 2.78 bits per heavy atom. The number of hydrogen-bond acceptors (Lipinski definition) is 10. The molecule has 0 aromatic heterocycles. The number of nitrogens with two attached hydrogens (primary N) is 1. The Hall–Kier alpha value is -2.78. The van der Waals surface area contributed by atoms with Crippen LogP contribution in [0.15, 0.2) is 64.9 Å². The first-order chi connectivity index (χ1) is 17.9. The normalized spacial score (nSPS) is 22.1. The summed E-state index contributed by atoms with van der Waals surface area (Å²) in [5.74, 6) is 1.02. The van der Waals surface area contributed by atoms with E-state index in [1.165, 1.54) is 6.34 Å². The lowest BCUT2D eigenvalue weighted by Crippen LogP contribution is -2.38. The van der Waals surface area contributed by atoms with E-state index in [1.54, 1.807) is 24.1 Å². The van der Waals surface area contributed by atoms with Crippen molar-refractivity contribution >= 4 is 26.7 Å². The fraction of sp³-hybridized carbons (Fsp3) is 0.500. The Bertz CT molecular complexity index is 969. The van der Waals surface area contributed by atoms with E-state index in [2.05, 4.69) is 35.6 Å². The van der Waals surface area contributed by atoms with Crippen LogP contribution in [-0.4, -0.2) is 54.7 Å². The third-order valence-corrected chi connectivity index (χ3v) is 7.45. The van der Waals surface area contributed by atoms with Crippen LogP contribution < -0.4 is 15.3 Å². The van der Waals surface area contributed by atoms with Gasteiger partial charge in [-0.3, -0.25) is 4.79 Å². The van der Waals surface area contributed by atoms with Gasteiger partial charge in [-0.1, -0.05) is 57.5 Å². The van der Waals surface area contributed by atoms with Crippen LogP contribution in [-0.2, 0) is 18.8 Å². The van der Waals surface area contributed by atoms with Gasteiger partial charge in [-0.25, -0.2) is 15.1 Å². The molecule has 2 aliphatic rings. The molecule has 0 amide bonds. The molecule has 3 unspecified atom stereocenters. The molecule has 2 heterocycles. The molecular formula is C26H38N5O5P. The van der Waals surface area contributed by atoms with Crippen molar-refractivity contribution < 1.29 is 23.3 Å². The first-order valence-electron chi connectivity index (χ1n) is 12.7. The Balaban J connectivity index is 1.57. The summed E-state index contributed by atoms with van der Waals surface area (Å²) >= 11 is 0. The molecule has 0 saturated carbocycles. The van der Waals surface area contributed by atoms with Gasteiger partial charge >= 0.3 is 14.5 Å². The first kappa shape index (κ1) is 28.8. The van der Waals surface area contributed by atoms with Gasteiger partial charge in [0.05, 0.1) is 19.3 Å². The fourth-order valence-electron chi connectivity index (χ4n) is 3.76. The number of rotatable bonds is 14. The number of nitrogens with zero attached hydrogens (tertiary/aromatic N) is 3. The number of aliphatic imine (C=N–C) groups is 1. The predicted molar refractivity (Wildman–Crippen MR) is 146 cm³/mol. The summed E-state index contributed by atoms with van der Waals surface area (Å²) in [7, 11) is -1.65. The lowest BCUT2D eigenvalue weighted by atomic mass is 10.1. The van der Waals surface area contributed by atoms with E-state index in [0.29, 0.717) is 29.8 Å². The van der Waals surface area contributed by atoms with Gasteiger partial charge in [-0.05, 0) is 43.9 Å². The Labute approximate surface area is 220 Å². The summed E-state index contributed by atoms with van der Waals surface area (Å²) in [6.07, 6.45) is 7.73. The van der Waals surface area contributed by atoms with Gasteiger partial charge in [-0.15, -0.1) is 0 Å². The number of hydrazone groups is 1. The SMILES string of the molecule is C=C/C=C1/C(N)=NC=NN1[C@H]1CCC(COP(NC(C)C(=O)OCC(CC)CC)Oc2ccccc2)O1. The number of allylic oxidation sites excluding steroid dienone is 2. The zero-order valence-electron chi connectivity index (χ0n) is 21.8. The largest absolute Gasteiger partial charge is 0.464 e. The van der Waals surface area contributed by atoms with Crippen LogP contribution in [0.3, 0.4) is 0 Å². The zero-order valence-corrected chi connectivity index (χ0v) is 22.7. The minimum Gasteiger partial charge on any atom is -0.464 e. The number of nitrogens with one attached hydrogen (secondary N) is 1. The lowest BCUT2D eigenvalue weighted by molar-refractivity contribution is -0.146. The Morgan fingerprint density at radius 1 is 1.32 bits per heavy atom. The molecule has 3 N–H and O–H groups in total. The van der Waals surface area contributed by atoms with Gasteiger partial charge in [-0.2, -0.15) is 5.10 Å². The maximum Gasteiger partial charge on any atom is 0.323 e. The molecule has 1 fully saturated rings. The summed E-state index contributed by atoms with van der Waals surface area (Å²) in [6, 6.07) is 8.74. The average Bonchev–Trinajstić information content (AvgIpc) is 3.38. The van der Waals surface area contributed by atoms with Crippen molar-refractivity contribution in [2.45, 2.75) is 64.8 Å². The predicted octanol–water partition coefficient (Wildman–Crippen LogP) is 4.46. The molecule has 37 heavy (non-hydrogen) atoms. The highest BCUT2D eigenvalue weighted by Gasteiger charge is 2.34. The van der Waals surface area contributed by atoms with Crippen LogP contribution in [0.4, 0.5) is 0 Å². The van der Waals surface area contributed by atoms with Gasteiger partial charge in [0.25, 0.3) is 0 Å². The summed E-state index contributed by atoms with van der Waals surface area (Å²) in [5, 5.41) is 9.19. The minimum atomic E-state index is -1.65. The standard InChI is InChI=1S/C26H38N5O5P/c1-5-11-23-25(27)28-18-29-31(23)24-15-14-22(35-24)17-34-37(36-21-12-9-8-10-13-21)30-19(4)26(32)33-16-20(6-2)7-3/h5,8-13,18-20,22,24,30H,1,6-7,14-17H2,2-4H3,(H2,27,28,29)/b23-11-/t19?,22?,24-,37?/m1/s1. The van der Waals surface area contributed by atoms with Gasteiger partial charge < -0.3 is 24.3 Å². The van der Waals surface area contributed by atoms with Crippen LogP contribution in [0, 0.1) is 5.92 Å². The number of esters is 1. The quantitative estimate of drug-likeness (QED) is 0.267. The van der Waals surface area contributed by atoms with E-state index >= 15 is 0 Å². The molecule has 1 saturated heterocycles. The second kappa shape index (κ2) is 14.8. The highest BCUT2D eigenvalue weighted by atomic mass is 31.2. The highest BCUT2D eigenvalue weighted by molar-refractivity contribution is 7.45. The van der Waals surface area contributed by atoms with Gasteiger partial charge in [0.1, 0.15) is 23.8 Å². The lowest BCUT2D eigenvalue weighted by Gasteiger charge is -2.29. The summed E-state index contributed by atoms with van der Waals surface area (Å²) in [5.41, 5.74) is 6.65. The van der Waals surface area contributed by atoms with Crippen LogP contribution in [0.25, 0.3) is 0 Å². The maximum atomic E-state index is 12.6.